The molecule has 1 aliphatic rings. The van der Waals surface area contributed by atoms with Crippen LogP contribution in [0.15, 0.2) is 54.9 Å². The van der Waals surface area contributed by atoms with Crippen molar-refractivity contribution in [2.75, 3.05) is 26.2 Å². The molecule has 1 aliphatic heterocycles. The maximum atomic E-state index is 12.7. The molecule has 0 N–H and O–H groups in total. The minimum Gasteiger partial charge on any atom is -0.441 e. The predicted octanol–water partition coefficient (Wildman–Crippen LogP) is 3.98. The van der Waals surface area contributed by atoms with Gasteiger partial charge in [-0.15, -0.1) is 11.3 Å². The Morgan fingerprint density at radius 2 is 1.82 bits per heavy atom. The molecule has 0 atom stereocenters. The van der Waals surface area contributed by atoms with E-state index in [1.807, 2.05) is 37.3 Å². The van der Waals surface area contributed by atoms with Crippen LogP contribution in [-0.2, 0) is 16.6 Å². The van der Waals surface area contributed by atoms with Crippen molar-refractivity contribution in [3.63, 3.8) is 0 Å². The Kier molecular flexibility index (Phi) is 5.71. The Morgan fingerprint density at radius 1 is 1.11 bits per heavy atom. The van der Waals surface area contributed by atoms with Gasteiger partial charge in [-0.25, -0.2) is 13.4 Å². The first-order chi connectivity index (χ1) is 13.4. The third-order valence-electron chi connectivity index (χ3n) is 4.76. The molecule has 1 saturated heterocycles. The number of hydrogen-bond acceptors (Lipinski definition) is 6. The van der Waals surface area contributed by atoms with Crippen LogP contribution in [0.1, 0.15) is 11.5 Å². The summed E-state index contributed by atoms with van der Waals surface area (Å²) in [5, 5.41) is 0. The van der Waals surface area contributed by atoms with Crippen LogP contribution in [0.4, 0.5) is 0 Å². The molecule has 0 amide bonds. The van der Waals surface area contributed by atoms with Gasteiger partial charge in [0.25, 0.3) is 10.0 Å². The van der Waals surface area contributed by atoms with Gasteiger partial charge in [-0.3, -0.25) is 4.90 Å². The Morgan fingerprint density at radius 3 is 2.46 bits per heavy atom. The molecular formula is C19H20BrN3O3S2. The van der Waals surface area contributed by atoms with Crippen molar-refractivity contribution < 1.29 is 12.8 Å². The van der Waals surface area contributed by atoms with Gasteiger partial charge in [0.1, 0.15) is 9.97 Å². The highest BCUT2D eigenvalue weighted by Crippen LogP contribution is 2.29. The molecule has 0 radical (unpaired) electrons. The molecule has 4 rings (SSSR count). The summed E-state index contributed by atoms with van der Waals surface area (Å²) in [6.07, 6.45) is 0. The van der Waals surface area contributed by atoms with Gasteiger partial charge in [0.2, 0.25) is 5.89 Å². The first kappa shape index (κ1) is 19.8. The summed E-state index contributed by atoms with van der Waals surface area (Å²) in [5.74, 6) is 1.43. The molecule has 0 bridgehead atoms. The van der Waals surface area contributed by atoms with Crippen molar-refractivity contribution >= 4 is 37.3 Å². The van der Waals surface area contributed by atoms with Crippen LogP contribution in [0.5, 0.6) is 0 Å². The van der Waals surface area contributed by atoms with Gasteiger partial charge in [0, 0.05) is 38.3 Å². The standard InChI is InChI=1S/C19H20BrN3O3S2/c1-14-16(21-19(26-14)15-5-3-2-4-6-15)13-22-9-11-23(12-10-22)28(24,25)18-8-7-17(20)27-18/h2-8H,9-13H2,1H3. The van der Waals surface area contributed by atoms with E-state index >= 15 is 0 Å². The Labute approximate surface area is 177 Å². The lowest BCUT2D eigenvalue weighted by molar-refractivity contribution is 0.179. The third-order valence-corrected chi connectivity index (χ3v) is 8.75. The average molecular weight is 482 g/mol. The Hall–Kier alpha value is -1.52. The zero-order chi connectivity index (χ0) is 19.7. The smallest absolute Gasteiger partial charge is 0.252 e. The van der Waals surface area contributed by atoms with Crippen molar-refractivity contribution in [2.45, 2.75) is 17.7 Å². The van der Waals surface area contributed by atoms with E-state index in [1.54, 1.807) is 16.4 Å². The highest BCUT2D eigenvalue weighted by atomic mass is 79.9. The van der Waals surface area contributed by atoms with E-state index in [4.69, 9.17) is 4.42 Å². The molecule has 148 valence electrons. The summed E-state index contributed by atoms with van der Waals surface area (Å²) < 4.78 is 34.1. The van der Waals surface area contributed by atoms with Crippen LogP contribution in [0.3, 0.4) is 0 Å². The normalized spacial score (nSPS) is 16.5. The van der Waals surface area contributed by atoms with Crippen LogP contribution < -0.4 is 0 Å². The Bertz CT molecular complexity index is 1060. The average Bonchev–Trinajstić information content (AvgIpc) is 3.29. The summed E-state index contributed by atoms with van der Waals surface area (Å²) in [4.78, 5) is 6.87. The van der Waals surface area contributed by atoms with Gasteiger partial charge >= 0.3 is 0 Å². The van der Waals surface area contributed by atoms with E-state index < -0.39 is 10.0 Å². The highest BCUT2D eigenvalue weighted by molar-refractivity contribution is 9.11. The van der Waals surface area contributed by atoms with E-state index in [2.05, 4.69) is 25.8 Å². The zero-order valence-electron chi connectivity index (χ0n) is 15.3. The van der Waals surface area contributed by atoms with Gasteiger partial charge < -0.3 is 4.42 Å². The topological polar surface area (TPSA) is 66.7 Å². The number of aromatic nitrogens is 1. The predicted molar refractivity (Wildman–Crippen MR) is 113 cm³/mol. The fraction of sp³-hybridized carbons (Fsp3) is 0.316. The molecule has 3 heterocycles. The van der Waals surface area contributed by atoms with Crippen molar-refractivity contribution in [1.29, 1.82) is 0 Å². The molecule has 0 aliphatic carbocycles. The molecule has 0 saturated carbocycles. The second kappa shape index (κ2) is 8.08. The third kappa shape index (κ3) is 4.08. The summed E-state index contributed by atoms with van der Waals surface area (Å²) in [7, 11) is -3.42. The molecule has 3 aromatic rings. The first-order valence-corrected chi connectivity index (χ1v) is 12.0. The molecule has 28 heavy (non-hydrogen) atoms. The number of hydrogen-bond donors (Lipinski definition) is 0. The van der Waals surface area contributed by atoms with E-state index in [9.17, 15) is 8.42 Å². The minimum atomic E-state index is -3.42. The summed E-state index contributed by atoms with van der Waals surface area (Å²) >= 11 is 4.58. The van der Waals surface area contributed by atoms with Crippen LogP contribution in [0.2, 0.25) is 0 Å². The van der Waals surface area contributed by atoms with Gasteiger partial charge in [-0.2, -0.15) is 4.31 Å². The fourth-order valence-electron chi connectivity index (χ4n) is 3.18. The van der Waals surface area contributed by atoms with Crippen LogP contribution >= 0.6 is 27.3 Å². The molecule has 1 fully saturated rings. The number of aryl methyl sites for hydroxylation is 1. The molecule has 0 unspecified atom stereocenters. The van der Waals surface area contributed by atoms with Gasteiger partial charge in [-0.05, 0) is 47.1 Å². The van der Waals surface area contributed by atoms with Crippen molar-refractivity contribution in [1.82, 2.24) is 14.2 Å². The number of rotatable bonds is 5. The van der Waals surface area contributed by atoms with E-state index in [1.165, 1.54) is 11.3 Å². The molecular weight excluding hydrogens is 462 g/mol. The summed E-state index contributed by atoms with van der Waals surface area (Å²) in [6.45, 7) is 4.85. The van der Waals surface area contributed by atoms with E-state index in [0.717, 1.165) is 20.8 Å². The first-order valence-electron chi connectivity index (χ1n) is 8.93. The van der Waals surface area contributed by atoms with Crippen LogP contribution in [-0.4, -0.2) is 48.8 Å². The lowest BCUT2D eigenvalue weighted by Crippen LogP contribution is -2.48. The number of halogens is 1. The number of thiophene rings is 1. The van der Waals surface area contributed by atoms with Crippen molar-refractivity contribution in [3.8, 4) is 11.5 Å². The summed E-state index contributed by atoms with van der Waals surface area (Å²) in [6, 6.07) is 13.2. The monoisotopic (exact) mass is 481 g/mol. The second-order valence-corrected chi connectivity index (χ2v) is 11.3. The SMILES string of the molecule is Cc1oc(-c2ccccc2)nc1CN1CCN(S(=O)(=O)c2ccc(Br)s2)CC1. The molecule has 2 aromatic heterocycles. The second-order valence-electron chi connectivity index (χ2n) is 6.63. The van der Waals surface area contributed by atoms with Crippen LogP contribution in [0.25, 0.3) is 11.5 Å². The highest BCUT2D eigenvalue weighted by Gasteiger charge is 2.30. The fourth-order valence-corrected chi connectivity index (χ4v) is 6.77. The molecule has 9 heteroatoms. The van der Waals surface area contributed by atoms with E-state index in [0.29, 0.717) is 42.8 Å². The minimum absolute atomic E-state index is 0.382. The molecule has 1 aromatic carbocycles. The van der Waals surface area contributed by atoms with Gasteiger partial charge in [0.15, 0.2) is 0 Å². The van der Waals surface area contributed by atoms with Crippen molar-refractivity contribution in [2.24, 2.45) is 0 Å². The number of oxazole rings is 1. The Balaban J connectivity index is 1.41. The van der Waals surface area contributed by atoms with Crippen LogP contribution in [0, 0.1) is 6.92 Å². The quantitative estimate of drug-likeness (QED) is 0.551. The van der Waals surface area contributed by atoms with Crippen molar-refractivity contribution in [3.05, 3.63) is 57.7 Å². The van der Waals surface area contributed by atoms with Gasteiger partial charge in [0.05, 0.1) is 9.48 Å². The number of benzene rings is 1. The number of sulfonamides is 1. The maximum Gasteiger partial charge on any atom is 0.252 e. The lowest BCUT2D eigenvalue weighted by Gasteiger charge is -2.33. The maximum absolute atomic E-state index is 12.7. The number of nitrogens with zero attached hydrogens (tertiary/aromatic N) is 3. The number of piperazine rings is 1. The lowest BCUT2D eigenvalue weighted by atomic mass is 10.2. The zero-order valence-corrected chi connectivity index (χ0v) is 18.6. The van der Waals surface area contributed by atoms with E-state index in [-0.39, 0.29) is 0 Å². The summed E-state index contributed by atoms with van der Waals surface area (Å²) in [5.41, 5.74) is 1.85. The molecule has 0 spiro atoms. The largest absolute Gasteiger partial charge is 0.441 e. The van der Waals surface area contributed by atoms with Gasteiger partial charge in [-0.1, -0.05) is 18.2 Å². The molecule has 6 nitrogen and oxygen atoms in total.